The van der Waals surface area contributed by atoms with Crippen molar-refractivity contribution in [1.29, 1.82) is 0 Å². The lowest BCUT2D eigenvalue weighted by atomic mass is 10.1. The number of aromatic nitrogens is 1. The molecule has 0 radical (unpaired) electrons. The molecular formula is C16H13NO3. The lowest BCUT2D eigenvalue weighted by molar-refractivity contribution is 0.0735. The predicted octanol–water partition coefficient (Wildman–Crippen LogP) is 3.66. The Labute approximate surface area is 116 Å². The molecule has 100 valence electrons. The minimum Gasteiger partial charge on any atom is -0.441 e. The highest BCUT2D eigenvalue weighted by Crippen LogP contribution is 2.22. The van der Waals surface area contributed by atoms with Gasteiger partial charge in [-0.05, 0) is 31.2 Å². The maximum Gasteiger partial charge on any atom is 0.343 e. The minimum atomic E-state index is -0.381. The molecule has 0 N–H and O–H groups in total. The summed E-state index contributed by atoms with van der Waals surface area (Å²) in [5, 5.41) is 0. The lowest BCUT2D eigenvalue weighted by Gasteiger charge is -2.04. The summed E-state index contributed by atoms with van der Waals surface area (Å²) in [6.07, 6.45) is 0. The SMILES string of the molecule is Cc1cccc(C(=O)Oc2ccc3oc(C)nc3c2)c1. The first-order chi connectivity index (χ1) is 9.61. The number of carbonyl (C=O) groups is 1. The van der Waals surface area contributed by atoms with Gasteiger partial charge in [0.2, 0.25) is 0 Å². The van der Waals surface area contributed by atoms with E-state index in [9.17, 15) is 4.79 Å². The number of carbonyl (C=O) groups excluding carboxylic acids is 1. The summed E-state index contributed by atoms with van der Waals surface area (Å²) in [5.41, 5.74) is 2.90. The number of benzene rings is 2. The van der Waals surface area contributed by atoms with E-state index in [1.165, 1.54) is 0 Å². The van der Waals surface area contributed by atoms with E-state index in [1.54, 1.807) is 37.3 Å². The molecule has 0 atom stereocenters. The van der Waals surface area contributed by atoms with Crippen LogP contribution in [0.2, 0.25) is 0 Å². The highest BCUT2D eigenvalue weighted by molar-refractivity contribution is 5.91. The molecule has 0 aliphatic heterocycles. The van der Waals surface area contributed by atoms with Gasteiger partial charge in [-0.15, -0.1) is 0 Å². The number of hydrogen-bond acceptors (Lipinski definition) is 4. The summed E-state index contributed by atoms with van der Waals surface area (Å²) in [6, 6.07) is 12.4. The van der Waals surface area contributed by atoms with E-state index in [2.05, 4.69) is 4.98 Å². The van der Waals surface area contributed by atoms with Gasteiger partial charge in [0.15, 0.2) is 11.5 Å². The topological polar surface area (TPSA) is 52.3 Å². The van der Waals surface area contributed by atoms with Crippen LogP contribution in [0.3, 0.4) is 0 Å². The molecule has 0 spiro atoms. The number of ether oxygens (including phenoxy) is 1. The van der Waals surface area contributed by atoms with Gasteiger partial charge in [0.25, 0.3) is 0 Å². The van der Waals surface area contributed by atoms with E-state index in [0.29, 0.717) is 28.3 Å². The Morgan fingerprint density at radius 2 is 2.00 bits per heavy atom. The molecule has 0 aliphatic rings. The third-order valence-electron chi connectivity index (χ3n) is 2.93. The van der Waals surface area contributed by atoms with Crippen LogP contribution in [0.1, 0.15) is 21.8 Å². The first-order valence-corrected chi connectivity index (χ1v) is 6.28. The van der Waals surface area contributed by atoms with Crippen LogP contribution in [-0.2, 0) is 0 Å². The molecule has 0 unspecified atom stereocenters. The number of aryl methyl sites for hydroxylation is 2. The van der Waals surface area contributed by atoms with Crippen molar-refractivity contribution in [2.24, 2.45) is 0 Å². The third-order valence-corrected chi connectivity index (χ3v) is 2.93. The van der Waals surface area contributed by atoms with Crippen LogP contribution < -0.4 is 4.74 Å². The van der Waals surface area contributed by atoms with E-state index in [0.717, 1.165) is 5.56 Å². The minimum absolute atomic E-state index is 0.381. The molecule has 3 rings (SSSR count). The maximum atomic E-state index is 12.0. The maximum absolute atomic E-state index is 12.0. The van der Waals surface area contributed by atoms with Crippen LogP contribution >= 0.6 is 0 Å². The van der Waals surface area contributed by atoms with Crippen molar-refractivity contribution in [2.75, 3.05) is 0 Å². The number of rotatable bonds is 2. The second-order valence-corrected chi connectivity index (χ2v) is 4.62. The van der Waals surface area contributed by atoms with Crippen LogP contribution in [0.15, 0.2) is 46.9 Å². The Bertz CT molecular complexity index is 789. The molecule has 3 aromatic rings. The third kappa shape index (κ3) is 2.40. The van der Waals surface area contributed by atoms with E-state index in [-0.39, 0.29) is 5.97 Å². The highest BCUT2D eigenvalue weighted by Gasteiger charge is 2.10. The van der Waals surface area contributed by atoms with Gasteiger partial charge < -0.3 is 9.15 Å². The summed E-state index contributed by atoms with van der Waals surface area (Å²) >= 11 is 0. The fourth-order valence-corrected chi connectivity index (χ4v) is 2.02. The largest absolute Gasteiger partial charge is 0.441 e. The van der Waals surface area contributed by atoms with Crippen molar-refractivity contribution < 1.29 is 13.9 Å². The smallest absolute Gasteiger partial charge is 0.343 e. The Balaban J connectivity index is 1.87. The van der Waals surface area contributed by atoms with Crippen molar-refractivity contribution in [3.05, 3.63) is 59.5 Å². The van der Waals surface area contributed by atoms with Crippen molar-refractivity contribution in [3.63, 3.8) is 0 Å². The van der Waals surface area contributed by atoms with Gasteiger partial charge in [-0.3, -0.25) is 0 Å². The molecule has 2 aromatic carbocycles. The molecule has 4 heteroatoms. The molecule has 1 heterocycles. The van der Waals surface area contributed by atoms with E-state index >= 15 is 0 Å². The normalized spacial score (nSPS) is 10.7. The quantitative estimate of drug-likeness (QED) is 0.525. The molecule has 0 aliphatic carbocycles. The van der Waals surface area contributed by atoms with Crippen LogP contribution in [-0.4, -0.2) is 11.0 Å². The molecule has 20 heavy (non-hydrogen) atoms. The van der Waals surface area contributed by atoms with Crippen molar-refractivity contribution in [2.45, 2.75) is 13.8 Å². The summed E-state index contributed by atoms with van der Waals surface area (Å²) in [6.45, 7) is 3.71. The summed E-state index contributed by atoms with van der Waals surface area (Å²) in [4.78, 5) is 16.3. The molecule has 0 saturated carbocycles. The van der Waals surface area contributed by atoms with Gasteiger partial charge in [-0.2, -0.15) is 0 Å². The second kappa shape index (κ2) is 4.81. The molecule has 0 fully saturated rings. The van der Waals surface area contributed by atoms with Gasteiger partial charge in [0.1, 0.15) is 11.3 Å². The average molecular weight is 267 g/mol. The van der Waals surface area contributed by atoms with E-state index < -0.39 is 0 Å². The summed E-state index contributed by atoms with van der Waals surface area (Å²) < 4.78 is 10.7. The zero-order valence-electron chi connectivity index (χ0n) is 11.2. The first-order valence-electron chi connectivity index (χ1n) is 6.28. The zero-order valence-corrected chi connectivity index (χ0v) is 11.2. The van der Waals surface area contributed by atoms with Crippen molar-refractivity contribution >= 4 is 17.1 Å². The van der Waals surface area contributed by atoms with Crippen LogP contribution in [0.5, 0.6) is 5.75 Å². The number of fused-ring (bicyclic) bond motifs is 1. The molecule has 1 aromatic heterocycles. The molecule has 0 saturated heterocycles. The number of esters is 1. The molecule has 4 nitrogen and oxygen atoms in total. The standard InChI is InChI=1S/C16H13NO3/c1-10-4-3-5-12(8-10)16(18)20-13-6-7-15-14(9-13)17-11(2)19-15/h3-9H,1-2H3. The number of oxazole rings is 1. The van der Waals surface area contributed by atoms with Crippen molar-refractivity contribution in [1.82, 2.24) is 4.98 Å². The van der Waals surface area contributed by atoms with Gasteiger partial charge in [0.05, 0.1) is 5.56 Å². The Morgan fingerprint density at radius 3 is 2.80 bits per heavy atom. The predicted molar refractivity (Wildman–Crippen MR) is 74.9 cm³/mol. The lowest BCUT2D eigenvalue weighted by Crippen LogP contribution is -2.08. The molecule has 0 bridgehead atoms. The fourth-order valence-electron chi connectivity index (χ4n) is 2.02. The molecular weight excluding hydrogens is 254 g/mol. The van der Waals surface area contributed by atoms with Gasteiger partial charge in [-0.1, -0.05) is 17.7 Å². The number of nitrogens with zero attached hydrogens (tertiary/aromatic N) is 1. The fraction of sp³-hybridized carbons (Fsp3) is 0.125. The second-order valence-electron chi connectivity index (χ2n) is 4.62. The summed E-state index contributed by atoms with van der Waals surface area (Å²) in [7, 11) is 0. The summed E-state index contributed by atoms with van der Waals surface area (Å²) in [5.74, 6) is 0.660. The van der Waals surface area contributed by atoms with E-state index in [1.807, 2.05) is 19.1 Å². The van der Waals surface area contributed by atoms with Gasteiger partial charge in [0, 0.05) is 13.0 Å². The average Bonchev–Trinajstić information content (AvgIpc) is 2.78. The Kier molecular flexibility index (Phi) is 2.99. The van der Waals surface area contributed by atoms with Crippen molar-refractivity contribution in [3.8, 4) is 5.75 Å². The Hall–Kier alpha value is -2.62. The van der Waals surface area contributed by atoms with Crippen LogP contribution in [0, 0.1) is 13.8 Å². The van der Waals surface area contributed by atoms with Crippen LogP contribution in [0.25, 0.3) is 11.1 Å². The van der Waals surface area contributed by atoms with Gasteiger partial charge in [-0.25, -0.2) is 9.78 Å². The highest BCUT2D eigenvalue weighted by atomic mass is 16.5. The molecule has 0 amide bonds. The number of hydrogen-bond donors (Lipinski definition) is 0. The first kappa shape index (κ1) is 12.4. The monoisotopic (exact) mass is 267 g/mol. The van der Waals surface area contributed by atoms with E-state index in [4.69, 9.17) is 9.15 Å². The van der Waals surface area contributed by atoms with Crippen LogP contribution in [0.4, 0.5) is 0 Å². The van der Waals surface area contributed by atoms with Gasteiger partial charge >= 0.3 is 5.97 Å². The Morgan fingerprint density at radius 1 is 1.15 bits per heavy atom. The zero-order chi connectivity index (χ0) is 14.1.